The van der Waals surface area contributed by atoms with Gasteiger partial charge >= 0.3 is 5.97 Å². The number of rotatable bonds is 3. The highest BCUT2D eigenvalue weighted by Crippen LogP contribution is 2.15. The molecule has 1 atom stereocenters. The molecule has 6 heteroatoms. The summed E-state index contributed by atoms with van der Waals surface area (Å²) < 4.78 is 17.9. The van der Waals surface area contributed by atoms with Gasteiger partial charge in [-0.1, -0.05) is 12.1 Å². The molecule has 1 saturated heterocycles. The van der Waals surface area contributed by atoms with Crippen LogP contribution in [-0.2, 0) is 14.3 Å². The Morgan fingerprint density at radius 3 is 2.67 bits per heavy atom. The Morgan fingerprint density at radius 2 is 2.05 bits per heavy atom. The molecule has 5 nitrogen and oxygen atoms in total. The summed E-state index contributed by atoms with van der Waals surface area (Å²) in [5, 5.41) is 8.91. The van der Waals surface area contributed by atoms with Gasteiger partial charge < -0.3 is 14.7 Å². The lowest BCUT2D eigenvalue weighted by Crippen LogP contribution is -2.48. The summed E-state index contributed by atoms with van der Waals surface area (Å²) in [5.74, 6) is -1.69. The van der Waals surface area contributed by atoms with Crippen LogP contribution in [0.3, 0.4) is 0 Å². The Hall–Kier alpha value is -2.21. The van der Waals surface area contributed by atoms with Crippen molar-refractivity contribution in [3.05, 3.63) is 41.7 Å². The lowest BCUT2D eigenvalue weighted by Gasteiger charge is -2.30. The molecule has 1 aromatic rings. The summed E-state index contributed by atoms with van der Waals surface area (Å²) >= 11 is 0. The van der Waals surface area contributed by atoms with Crippen LogP contribution in [0.25, 0.3) is 5.57 Å². The molecule has 0 spiro atoms. The number of carboxylic acids is 1. The summed E-state index contributed by atoms with van der Waals surface area (Å²) in [6.45, 7) is 2.34. The van der Waals surface area contributed by atoms with Gasteiger partial charge in [0.25, 0.3) is 0 Å². The van der Waals surface area contributed by atoms with Crippen LogP contribution in [0.1, 0.15) is 12.5 Å². The molecule has 1 unspecified atom stereocenters. The molecule has 1 aromatic carbocycles. The summed E-state index contributed by atoms with van der Waals surface area (Å²) in [6.07, 6.45) is 0.444. The van der Waals surface area contributed by atoms with Gasteiger partial charge in [-0.2, -0.15) is 0 Å². The van der Waals surface area contributed by atoms with Crippen LogP contribution in [0.4, 0.5) is 4.39 Å². The highest BCUT2D eigenvalue weighted by Gasteiger charge is 2.28. The lowest BCUT2D eigenvalue weighted by atomic mass is 10.1. The molecule has 0 saturated carbocycles. The van der Waals surface area contributed by atoms with Gasteiger partial charge in [0.1, 0.15) is 5.82 Å². The second-order valence-corrected chi connectivity index (χ2v) is 4.82. The number of allylic oxidation sites excluding steroid dienone is 1. The fraction of sp³-hybridized carbons (Fsp3) is 0.333. The Morgan fingerprint density at radius 1 is 1.38 bits per heavy atom. The minimum absolute atomic E-state index is 0.0291. The van der Waals surface area contributed by atoms with E-state index in [1.165, 1.54) is 23.1 Å². The molecule has 21 heavy (non-hydrogen) atoms. The molecule has 1 aliphatic rings. The van der Waals surface area contributed by atoms with E-state index in [9.17, 15) is 14.0 Å². The van der Waals surface area contributed by atoms with Crippen molar-refractivity contribution in [3.8, 4) is 0 Å². The molecule has 1 fully saturated rings. The second kappa shape index (κ2) is 6.49. The Bertz CT molecular complexity index is 568. The van der Waals surface area contributed by atoms with Crippen molar-refractivity contribution in [2.24, 2.45) is 0 Å². The first-order chi connectivity index (χ1) is 9.97. The normalized spacial score (nSPS) is 19.4. The smallest absolute Gasteiger partial charge is 0.334 e. The second-order valence-electron chi connectivity index (χ2n) is 4.82. The third kappa shape index (κ3) is 3.88. The lowest BCUT2D eigenvalue weighted by molar-refractivity contribution is -0.158. The third-order valence-corrected chi connectivity index (χ3v) is 3.29. The minimum atomic E-state index is -1.08. The molecule has 112 valence electrons. The molecule has 0 aliphatic carbocycles. The van der Waals surface area contributed by atoms with Crippen molar-refractivity contribution >= 4 is 17.4 Å². The highest BCUT2D eigenvalue weighted by atomic mass is 19.1. The van der Waals surface area contributed by atoms with Gasteiger partial charge in [-0.25, -0.2) is 9.18 Å². The Labute approximate surface area is 121 Å². The van der Waals surface area contributed by atoms with Gasteiger partial charge in [0, 0.05) is 12.6 Å². The van der Waals surface area contributed by atoms with Crippen molar-refractivity contribution in [2.75, 3.05) is 19.7 Å². The van der Waals surface area contributed by atoms with Crippen molar-refractivity contribution in [3.63, 3.8) is 0 Å². The number of aliphatic carboxylic acids is 1. The number of carboxylic acid groups (broad SMARTS) is 1. The number of hydrogen-bond donors (Lipinski definition) is 1. The van der Waals surface area contributed by atoms with E-state index in [-0.39, 0.29) is 24.9 Å². The van der Waals surface area contributed by atoms with Gasteiger partial charge in [-0.3, -0.25) is 4.79 Å². The largest absolute Gasteiger partial charge is 0.479 e. The van der Waals surface area contributed by atoms with Crippen LogP contribution in [0, 0.1) is 5.82 Å². The first kappa shape index (κ1) is 15.2. The number of hydrogen-bond acceptors (Lipinski definition) is 3. The molecule has 1 heterocycles. The summed E-state index contributed by atoms with van der Waals surface area (Å²) in [5.41, 5.74) is 1.44. The molecule has 1 amide bonds. The standard InChI is InChI=1S/C15H16FNO4/c1-10(11-2-4-12(16)5-3-11)8-14(18)17-6-7-21-13(9-17)15(19)20/h2-5,8,13H,6-7,9H2,1H3,(H,19,20)/b10-8-. The van der Waals surface area contributed by atoms with Crippen LogP contribution in [0.2, 0.25) is 0 Å². The van der Waals surface area contributed by atoms with Gasteiger partial charge in [-0.05, 0) is 30.2 Å². The molecule has 0 aromatic heterocycles. The number of carbonyl (C=O) groups excluding carboxylic acids is 1. The number of morpholine rings is 1. The average molecular weight is 293 g/mol. The van der Waals surface area contributed by atoms with Crippen LogP contribution < -0.4 is 0 Å². The van der Waals surface area contributed by atoms with E-state index in [4.69, 9.17) is 9.84 Å². The van der Waals surface area contributed by atoms with E-state index in [0.717, 1.165) is 5.56 Å². The van der Waals surface area contributed by atoms with Crippen molar-refractivity contribution < 1.29 is 23.8 Å². The highest BCUT2D eigenvalue weighted by molar-refractivity contribution is 5.95. The van der Waals surface area contributed by atoms with Gasteiger partial charge in [0.05, 0.1) is 13.2 Å². The van der Waals surface area contributed by atoms with Crippen molar-refractivity contribution in [2.45, 2.75) is 13.0 Å². The maximum Gasteiger partial charge on any atom is 0.334 e. The number of halogens is 1. The van der Waals surface area contributed by atoms with Crippen LogP contribution in [0.15, 0.2) is 30.3 Å². The van der Waals surface area contributed by atoms with Crippen LogP contribution in [-0.4, -0.2) is 47.7 Å². The molecule has 1 N–H and O–H groups in total. The van der Waals surface area contributed by atoms with E-state index in [0.29, 0.717) is 12.1 Å². The first-order valence-electron chi connectivity index (χ1n) is 6.55. The van der Waals surface area contributed by atoms with Crippen LogP contribution >= 0.6 is 0 Å². The minimum Gasteiger partial charge on any atom is -0.479 e. The van der Waals surface area contributed by atoms with Crippen molar-refractivity contribution in [1.29, 1.82) is 0 Å². The van der Waals surface area contributed by atoms with E-state index in [1.54, 1.807) is 19.1 Å². The molecule has 2 rings (SSSR count). The number of benzene rings is 1. The third-order valence-electron chi connectivity index (χ3n) is 3.29. The van der Waals surface area contributed by atoms with Gasteiger partial charge in [-0.15, -0.1) is 0 Å². The van der Waals surface area contributed by atoms with E-state index >= 15 is 0 Å². The zero-order chi connectivity index (χ0) is 15.4. The molecule has 1 aliphatic heterocycles. The maximum absolute atomic E-state index is 12.9. The summed E-state index contributed by atoms with van der Waals surface area (Å²) in [6, 6.07) is 5.83. The van der Waals surface area contributed by atoms with Crippen molar-refractivity contribution in [1.82, 2.24) is 4.90 Å². The zero-order valence-electron chi connectivity index (χ0n) is 11.6. The van der Waals surface area contributed by atoms with E-state index < -0.39 is 12.1 Å². The monoisotopic (exact) mass is 293 g/mol. The van der Waals surface area contributed by atoms with E-state index in [2.05, 4.69) is 0 Å². The quantitative estimate of drug-likeness (QED) is 0.859. The Kier molecular flexibility index (Phi) is 4.70. The number of nitrogens with zero attached hydrogens (tertiary/aromatic N) is 1. The molecule has 0 radical (unpaired) electrons. The summed E-state index contributed by atoms with van der Waals surface area (Å²) in [7, 11) is 0. The van der Waals surface area contributed by atoms with Crippen LogP contribution in [0.5, 0.6) is 0 Å². The number of amides is 1. The maximum atomic E-state index is 12.9. The number of carbonyl (C=O) groups is 2. The van der Waals surface area contributed by atoms with E-state index in [1.807, 2.05) is 0 Å². The Balaban J connectivity index is 2.07. The fourth-order valence-corrected chi connectivity index (χ4v) is 2.07. The summed E-state index contributed by atoms with van der Waals surface area (Å²) in [4.78, 5) is 24.5. The SMILES string of the molecule is C/C(=C/C(=O)N1CCOC(C(=O)O)C1)c1ccc(F)cc1. The first-order valence-corrected chi connectivity index (χ1v) is 6.55. The zero-order valence-corrected chi connectivity index (χ0v) is 11.6. The average Bonchev–Trinajstić information content (AvgIpc) is 2.48. The number of ether oxygens (including phenoxy) is 1. The molecule has 0 bridgehead atoms. The predicted octanol–water partition coefficient (Wildman–Crippen LogP) is 1.54. The topological polar surface area (TPSA) is 66.8 Å². The fourth-order valence-electron chi connectivity index (χ4n) is 2.07. The molecular weight excluding hydrogens is 277 g/mol. The molecular formula is C15H16FNO4. The van der Waals surface area contributed by atoms with Gasteiger partial charge in [0.2, 0.25) is 5.91 Å². The van der Waals surface area contributed by atoms with Gasteiger partial charge in [0.15, 0.2) is 6.10 Å². The predicted molar refractivity (Wildman–Crippen MR) is 74.0 cm³/mol.